The first-order chi connectivity index (χ1) is 11.3. The monoisotopic (exact) mass is 307 g/mol. The first kappa shape index (κ1) is 14.6. The number of nitrogens with zero attached hydrogens (tertiary/aromatic N) is 1. The number of hydrogen-bond acceptors (Lipinski definition) is 3. The second kappa shape index (κ2) is 6.26. The minimum atomic E-state index is 0.175. The molecule has 2 aliphatic heterocycles. The van der Waals surface area contributed by atoms with E-state index < -0.39 is 0 Å². The molecular formula is C20H21NO2. The highest BCUT2D eigenvalue weighted by atomic mass is 16.5. The first-order valence-corrected chi connectivity index (χ1v) is 8.35. The smallest absolute Gasteiger partial charge is 0.164 e. The maximum Gasteiger partial charge on any atom is 0.164 e. The van der Waals surface area contributed by atoms with E-state index in [9.17, 15) is 4.79 Å². The fraction of sp³-hybridized carbons (Fsp3) is 0.350. The van der Waals surface area contributed by atoms with Crippen molar-refractivity contribution >= 4 is 5.78 Å². The van der Waals surface area contributed by atoms with Crippen LogP contribution in [0.3, 0.4) is 0 Å². The Morgan fingerprint density at radius 2 is 1.70 bits per heavy atom. The van der Waals surface area contributed by atoms with Gasteiger partial charge in [0.2, 0.25) is 0 Å². The molecule has 2 heterocycles. The zero-order valence-electron chi connectivity index (χ0n) is 13.1. The number of rotatable bonds is 4. The van der Waals surface area contributed by atoms with Crippen LogP contribution in [0.15, 0.2) is 60.7 Å². The molecule has 0 saturated carbocycles. The molecule has 0 spiro atoms. The predicted octanol–water partition coefficient (Wildman–Crippen LogP) is 3.82. The largest absolute Gasteiger partial charge is 0.361 e. The second-order valence-electron chi connectivity index (χ2n) is 6.39. The van der Waals surface area contributed by atoms with E-state index in [1.807, 2.05) is 36.4 Å². The fourth-order valence-electron chi connectivity index (χ4n) is 3.89. The van der Waals surface area contributed by atoms with Crippen LogP contribution < -0.4 is 0 Å². The summed E-state index contributed by atoms with van der Waals surface area (Å²) in [4.78, 5) is 15.0. The summed E-state index contributed by atoms with van der Waals surface area (Å²) in [5.74, 6) is 0.231. The highest BCUT2D eigenvalue weighted by molar-refractivity contribution is 5.96. The highest BCUT2D eigenvalue weighted by Gasteiger charge is 2.44. The minimum absolute atomic E-state index is 0.175. The van der Waals surface area contributed by atoms with Gasteiger partial charge in [0.25, 0.3) is 0 Å². The molecule has 23 heavy (non-hydrogen) atoms. The van der Waals surface area contributed by atoms with Gasteiger partial charge in [0.05, 0.1) is 12.6 Å². The van der Waals surface area contributed by atoms with Gasteiger partial charge < -0.3 is 4.74 Å². The maximum atomic E-state index is 12.6. The fourth-order valence-corrected chi connectivity index (χ4v) is 3.89. The van der Waals surface area contributed by atoms with Gasteiger partial charge in [0.1, 0.15) is 6.23 Å². The molecule has 0 N–H and O–H groups in total. The lowest BCUT2D eigenvalue weighted by Gasteiger charge is -2.28. The van der Waals surface area contributed by atoms with E-state index in [0.29, 0.717) is 6.42 Å². The summed E-state index contributed by atoms with van der Waals surface area (Å²) >= 11 is 0. The molecule has 2 aliphatic rings. The molecular weight excluding hydrogens is 286 g/mol. The molecule has 0 unspecified atom stereocenters. The van der Waals surface area contributed by atoms with E-state index in [1.165, 1.54) is 5.56 Å². The summed E-state index contributed by atoms with van der Waals surface area (Å²) in [6.45, 7) is 0.727. The zero-order chi connectivity index (χ0) is 15.6. The number of carbonyl (C=O) groups excluding carboxylic acids is 1. The summed E-state index contributed by atoms with van der Waals surface area (Å²) in [5, 5.41) is 0. The van der Waals surface area contributed by atoms with Gasteiger partial charge in [0.15, 0.2) is 5.78 Å². The normalized spacial score (nSPS) is 27.0. The van der Waals surface area contributed by atoms with Gasteiger partial charge in [0, 0.05) is 18.0 Å². The van der Waals surface area contributed by atoms with Crippen LogP contribution in [0.25, 0.3) is 0 Å². The lowest BCUT2D eigenvalue weighted by molar-refractivity contribution is 0.0442. The average molecular weight is 307 g/mol. The quantitative estimate of drug-likeness (QED) is 0.804. The van der Waals surface area contributed by atoms with Gasteiger partial charge in [-0.2, -0.15) is 0 Å². The average Bonchev–Trinajstić information content (AvgIpc) is 3.19. The van der Waals surface area contributed by atoms with E-state index in [-0.39, 0.29) is 24.1 Å². The van der Waals surface area contributed by atoms with Crippen molar-refractivity contribution in [3.05, 3.63) is 71.8 Å². The van der Waals surface area contributed by atoms with Gasteiger partial charge in [-0.3, -0.25) is 9.69 Å². The Bertz CT molecular complexity index is 671. The molecule has 0 aliphatic carbocycles. The van der Waals surface area contributed by atoms with Crippen LogP contribution in [0, 0.1) is 0 Å². The van der Waals surface area contributed by atoms with Gasteiger partial charge in [-0.25, -0.2) is 0 Å². The third-order valence-electron chi connectivity index (χ3n) is 5.01. The molecule has 2 aromatic carbocycles. The van der Waals surface area contributed by atoms with Crippen LogP contribution in [-0.4, -0.2) is 29.6 Å². The van der Waals surface area contributed by atoms with Crippen molar-refractivity contribution in [3.8, 4) is 0 Å². The molecule has 118 valence electrons. The van der Waals surface area contributed by atoms with Crippen molar-refractivity contribution in [1.29, 1.82) is 0 Å². The lowest BCUT2D eigenvalue weighted by atomic mass is 10.00. The zero-order valence-corrected chi connectivity index (χ0v) is 13.1. The number of Topliss-reactive ketones (excluding diaryl/α,β-unsaturated/α-hetero) is 1. The number of benzene rings is 2. The lowest BCUT2D eigenvalue weighted by Crippen LogP contribution is -2.35. The standard InChI is InChI=1S/C20H21NO2/c22-19(16-9-5-2-6-10-16)13-17-11-12-20-21(17)18(14-23-20)15-7-3-1-4-8-15/h1-10,17-18,20H,11-14H2/t17-,18+,20+/m0/s1. The van der Waals surface area contributed by atoms with Crippen molar-refractivity contribution < 1.29 is 9.53 Å². The maximum absolute atomic E-state index is 12.6. The molecule has 0 bridgehead atoms. The molecule has 3 nitrogen and oxygen atoms in total. The van der Waals surface area contributed by atoms with Gasteiger partial charge in [-0.1, -0.05) is 60.7 Å². The van der Waals surface area contributed by atoms with Crippen molar-refractivity contribution in [2.24, 2.45) is 0 Å². The molecule has 4 rings (SSSR count). The van der Waals surface area contributed by atoms with Crippen LogP contribution in [0.4, 0.5) is 0 Å². The molecule has 0 amide bonds. The third-order valence-corrected chi connectivity index (χ3v) is 5.01. The summed E-state index contributed by atoms with van der Waals surface area (Å²) in [7, 11) is 0. The Kier molecular flexibility index (Phi) is 3.98. The summed E-state index contributed by atoms with van der Waals surface area (Å²) in [5.41, 5.74) is 2.10. The van der Waals surface area contributed by atoms with Gasteiger partial charge >= 0.3 is 0 Å². The number of hydrogen-bond donors (Lipinski definition) is 0. The number of ether oxygens (including phenoxy) is 1. The van der Waals surface area contributed by atoms with Crippen LogP contribution >= 0.6 is 0 Å². The molecule has 2 fully saturated rings. The Labute approximate surface area is 136 Å². The van der Waals surface area contributed by atoms with Crippen LogP contribution in [0.5, 0.6) is 0 Å². The second-order valence-corrected chi connectivity index (χ2v) is 6.39. The molecule has 0 aromatic heterocycles. The van der Waals surface area contributed by atoms with Crippen LogP contribution in [0.2, 0.25) is 0 Å². The summed E-state index contributed by atoms with van der Waals surface area (Å²) in [6, 6.07) is 20.7. The van der Waals surface area contributed by atoms with E-state index >= 15 is 0 Å². The summed E-state index contributed by atoms with van der Waals surface area (Å²) < 4.78 is 5.98. The number of ketones is 1. The number of fused-ring (bicyclic) bond motifs is 1. The predicted molar refractivity (Wildman–Crippen MR) is 89.2 cm³/mol. The Hall–Kier alpha value is -1.97. The topological polar surface area (TPSA) is 29.5 Å². The molecule has 0 radical (unpaired) electrons. The SMILES string of the molecule is O=C(C[C@@H]1CC[C@H]2OC[C@H](c3ccccc3)N12)c1ccccc1. The Morgan fingerprint density at radius 1 is 1.00 bits per heavy atom. The van der Waals surface area contributed by atoms with Crippen LogP contribution in [-0.2, 0) is 4.74 Å². The molecule has 2 saturated heterocycles. The number of carbonyl (C=O) groups is 1. The van der Waals surface area contributed by atoms with Crippen molar-refractivity contribution in [2.45, 2.75) is 37.6 Å². The highest BCUT2D eigenvalue weighted by Crippen LogP contribution is 2.41. The Morgan fingerprint density at radius 3 is 2.43 bits per heavy atom. The van der Waals surface area contributed by atoms with E-state index in [1.54, 1.807) is 0 Å². The molecule has 3 atom stereocenters. The van der Waals surface area contributed by atoms with E-state index in [4.69, 9.17) is 4.74 Å². The van der Waals surface area contributed by atoms with Gasteiger partial charge in [-0.15, -0.1) is 0 Å². The van der Waals surface area contributed by atoms with E-state index in [2.05, 4.69) is 29.2 Å². The van der Waals surface area contributed by atoms with Crippen molar-refractivity contribution in [1.82, 2.24) is 4.90 Å². The minimum Gasteiger partial charge on any atom is -0.361 e. The van der Waals surface area contributed by atoms with Crippen LogP contribution in [0.1, 0.15) is 41.2 Å². The van der Waals surface area contributed by atoms with Gasteiger partial charge in [-0.05, 0) is 18.4 Å². The van der Waals surface area contributed by atoms with Crippen molar-refractivity contribution in [2.75, 3.05) is 6.61 Å². The molecule has 3 heteroatoms. The third kappa shape index (κ3) is 2.82. The Balaban J connectivity index is 1.52. The first-order valence-electron chi connectivity index (χ1n) is 8.35. The molecule has 2 aromatic rings. The van der Waals surface area contributed by atoms with Crippen molar-refractivity contribution in [3.63, 3.8) is 0 Å². The summed E-state index contributed by atoms with van der Waals surface area (Å²) in [6.07, 6.45) is 2.81. The van der Waals surface area contributed by atoms with E-state index in [0.717, 1.165) is 25.0 Å².